The van der Waals surface area contributed by atoms with Crippen molar-refractivity contribution < 1.29 is 9.59 Å². The quantitative estimate of drug-likeness (QED) is 0.296. The molecule has 2 aliphatic rings. The predicted octanol–water partition coefficient (Wildman–Crippen LogP) is 1.94. The highest BCUT2D eigenvalue weighted by molar-refractivity contribution is 14.0. The second-order valence-corrected chi connectivity index (χ2v) is 8.36. The van der Waals surface area contributed by atoms with Crippen molar-refractivity contribution in [2.75, 3.05) is 38.5 Å². The number of amides is 2. The summed E-state index contributed by atoms with van der Waals surface area (Å²) in [5.74, 6) is 1.85. The number of likely N-dealkylation sites (tertiary alicyclic amines) is 1. The average molecular weight is 468 g/mol. The Bertz CT molecular complexity index is 469. The fourth-order valence-corrected chi connectivity index (χ4v) is 4.04. The van der Waals surface area contributed by atoms with Gasteiger partial charge in [-0.3, -0.25) is 19.5 Å². The zero-order chi connectivity index (χ0) is 16.9. The monoisotopic (exact) mass is 468 g/mol. The molecule has 2 rings (SSSR count). The third-order valence-corrected chi connectivity index (χ3v) is 5.33. The van der Waals surface area contributed by atoms with Crippen LogP contribution in [0.5, 0.6) is 0 Å². The van der Waals surface area contributed by atoms with E-state index in [2.05, 4.69) is 36.0 Å². The summed E-state index contributed by atoms with van der Waals surface area (Å²) in [4.78, 5) is 31.9. The standard InChI is InChI=1S/C16H28N4O2S.HI/c1-4-17-15(19-10-11-23-16(2,3)12-19)18-8-9-20-13(21)6-5-7-14(20)22;/h4-12H2,1-3H3,(H,17,18);1H. The molecule has 8 heteroatoms. The van der Waals surface area contributed by atoms with Crippen molar-refractivity contribution in [3.63, 3.8) is 0 Å². The Kier molecular flexibility index (Phi) is 8.83. The molecule has 2 heterocycles. The van der Waals surface area contributed by atoms with Crippen LogP contribution in [-0.2, 0) is 9.59 Å². The number of nitrogens with one attached hydrogen (secondary N) is 1. The van der Waals surface area contributed by atoms with Crippen LogP contribution in [0.15, 0.2) is 4.99 Å². The Morgan fingerprint density at radius 1 is 1.29 bits per heavy atom. The Morgan fingerprint density at radius 2 is 1.96 bits per heavy atom. The molecule has 0 spiro atoms. The first-order valence-corrected chi connectivity index (χ1v) is 9.42. The van der Waals surface area contributed by atoms with Gasteiger partial charge >= 0.3 is 0 Å². The maximum Gasteiger partial charge on any atom is 0.229 e. The third-order valence-electron chi connectivity index (χ3n) is 4.03. The molecular formula is C16H29IN4O2S. The van der Waals surface area contributed by atoms with Crippen LogP contribution < -0.4 is 5.32 Å². The number of hydrogen-bond donors (Lipinski definition) is 1. The topological polar surface area (TPSA) is 65.0 Å². The van der Waals surface area contributed by atoms with Crippen LogP contribution in [0.1, 0.15) is 40.0 Å². The minimum atomic E-state index is -0.0584. The first-order valence-electron chi connectivity index (χ1n) is 8.43. The van der Waals surface area contributed by atoms with Crippen molar-refractivity contribution in [3.8, 4) is 0 Å². The summed E-state index contributed by atoms with van der Waals surface area (Å²) in [7, 11) is 0. The number of rotatable bonds is 4. The van der Waals surface area contributed by atoms with Gasteiger partial charge in [0.15, 0.2) is 5.96 Å². The molecule has 0 unspecified atom stereocenters. The summed E-state index contributed by atoms with van der Waals surface area (Å²) in [6, 6.07) is 0. The van der Waals surface area contributed by atoms with Gasteiger partial charge in [0.25, 0.3) is 0 Å². The number of hydrogen-bond acceptors (Lipinski definition) is 4. The zero-order valence-corrected chi connectivity index (χ0v) is 18.0. The molecule has 2 saturated heterocycles. The van der Waals surface area contributed by atoms with Gasteiger partial charge in [0.05, 0.1) is 6.54 Å². The molecule has 0 aromatic rings. The van der Waals surface area contributed by atoms with E-state index in [0.29, 0.717) is 32.4 Å². The van der Waals surface area contributed by atoms with Crippen LogP contribution in [-0.4, -0.2) is 70.8 Å². The molecule has 2 aliphatic heterocycles. The van der Waals surface area contributed by atoms with Crippen LogP contribution in [0.25, 0.3) is 0 Å². The molecule has 0 radical (unpaired) electrons. The summed E-state index contributed by atoms with van der Waals surface area (Å²) in [6.07, 6.45) is 1.64. The van der Waals surface area contributed by atoms with Gasteiger partial charge < -0.3 is 10.2 Å². The van der Waals surface area contributed by atoms with Crippen LogP contribution in [0.4, 0.5) is 0 Å². The Balaban J connectivity index is 0.00000288. The lowest BCUT2D eigenvalue weighted by Gasteiger charge is -2.39. The van der Waals surface area contributed by atoms with Crippen molar-refractivity contribution >= 4 is 53.5 Å². The molecule has 24 heavy (non-hydrogen) atoms. The summed E-state index contributed by atoms with van der Waals surface area (Å²) < 4.78 is 0.216. The van der Waals surface area contributed by atoms with E-state index in [1.54, 1.807) is 0 Å². The number of halogens is 1. The number of carbonyl (C=O) groups is 2. The molecule has 0 atom stereocenters. The molecule has 0 aromatic heterocycles. The molecule has 138 valence electrons. The summed E-state index contributed by atoms with van der Waals surface area (Å²) >= 11 is 1.98. The van der Waals surface area contributed by atoms with E-state index in [-0.39, 0.29) is 40.5 Å². The molecule has 2 amide bonds. The van der Waals surface area contributed by atoms with Crippen molar-refractivity contribution in [2.24, 2.45) is 4.99 Å². The molecule has 2 fully saturated rings. The summed E-state index contributed by atoms with van der Waals surface area (Å²) in [5.41, 5.74) is 0. The third kappa shape index (κ3) is 6.09. The van der Waals surface area contributed by atoms with Crippen molar-refractivity contribution in [3.05, 3.63) is 0 Å². The number of guanidine groups is 1. The van der Waals surface area contributed by atoms with Crippen LogP contribution >= 0.6 is 35.7 Å². The predicted molar refractivity (Wildman–Crippen MR) is 110 cm³/mol. The number of thioether (sulfide) groups is 1. The zero-order valence-electron chi connectivity index (χ0n) is 14.8. The van der Waals surface area contributed by atoms with Crippen LogP contribution in [0.2, 0.25) is 0 Å². The van der Waals surface area contributed by atoms with E-state index in [1.165, 1.54) is 4.90 Å². The minimum absolute atomic E-state index is 0. The average Bonchev–Trinajstić information content (AvgIpc) is 2.48. The largest absolute Gasteiger partial charge is 0.357 e. The number of carbonyl (C=O) groups excluding carboxylic acids is 2. The van der Waals surface area contributed by atoms with Gasteiger partial charge in [0.2, 0.25) is 11.8 Å². The molecule has 1 N–H and O–H groups in total. The highest BCUT2D eigenvalue weighted by atomic mass is 127. The summed E-state index contributed by atoms with van der Waals surface area (Å²) in [5, 5.41) is 3.33. The van der Waals surface area contributed by atoms with E-state index in [0.717, 1.165) is 31.3 Å². The molecule has 0 aromatic carbocycles. The maximum atomic E-state index is 11.8. The van der Waals surface area contributed by atoms with E-state index in [1.807, 2.05) is 11.8 Å². The lowest BCUT2D eigenvalue weighted by Crippen LogP contribution is -2.51. The highest BCUT2D eigenvalue weighted by Gasteiger charge is 2.29. The van der Waals surface area contributed by atoms with Gasteiger partial charge in [-0.1, -0.05) is 0 Å². The van der Waals surface area contributed by atoms with Gasteiger partial charge in [0, 0.05) is 49.5 Å². The second-order valence-electron chi connectivity index (χ2n) is 6.56. The number of nitrogens with zero attached hydrogens (tertiary/aromatic N) is 3. The fraction of sp³-hybridized carbons (Fsp3) is 0.812. The number of aliphatic imine (C=N–C) groups is 1. The number of imide groups is 1. The van der Waals surface area contributed by atoms with E-state index in [9.17, 15) is 9.59 Å². The van der Waals surface area contributed by atoms with Gasteiger partial charge in [-0.05, 0) is 27.2 Å². The van der Waals surface area contributed by atoms with Crippen molar-refractivity contribution in [2.45, 2.75) is 44.8 Å². The Hall–Kier alpha value is -0.510. The van der Waals surface area contributed by atoms with Crippen molar-refractivity contribution in [1.82, 2.24) is 15.1 Å². The minimum Gasteiger partial charge on any atom is -0.357 e. The second kappa shape index (κ2) is 9.84. The number of piperidine rings is 1. The normalized spacial score (nSPS) is 21.5. The van der Waals surface area contributed by atoms with Gasteiger partial charge in [-0.15, -0.1) is 24.0 Å². The van der Waals surface area contributed by atoms with Crippen molar-refractivity contribution in [1.29, 1.82) is 0 Å². The molecule has 6 nitrogen and oxygen atoms in total. The fourth-order valence-electron chi connectivity index (χ4n) is 2.93. The van der Waals surface area contributed by atoms with E-state index < -0.39 is 0 Å². The van der Waals surface area contributed by atoms with Gasteiger partial charge in [0.1, 0.15) is 0 Å². The molecule has 0 saturated carbocycles. The molecular weight excluding hydrogens is 439 g/mol. The molecule has 0 aliphatic carbocycles. The Labute approximate surface area is 166 Å². The smallest absolute Gasteiger partial charge is 0.229 e. The SMILES string of the molecule is CCNC(=NCCN1C(=O)CCCC1=O)N1CCSC(C)(C)C1.I. The lowest BCUT2D eigenvalue weighted by molar-refractivity contribution is -0.147. The van der Waals surface area contributed by atoms with Gasteiger partial charge in [-0.2, -0.15) is 11.8 Å². The highest BCUT2D eigenvalue weighted by Crippen LogP contribution is 2.29. The Morgan fingerprint density at radius 3 is 2.54 bits per heavy atom. The van der Waals surface area contributed by atoms with E-state index >= 15 is 0 Å². The van der Waals surface area contributed by atoms with Gasteiger partial charge in [-0.25, -0.2) is 0 Å². The van der Waals surface area contributed by atoms with Crippen LogP contribution in [0, 0.1) is 0 Å². The lowest BCUT2D eigenvalue weighted by atomic mass is 10.1. The van der Waals surface area contributed by atoms with E-state index in [4.69, 9.17) is 0 Å². The first kappa shape index (κ1) is 21.5. The van der Waals surface area contributed by atoms with Crippen LogP contribution in [0.3, 0.4) is 0 Å². The first-order chi connectivity index (χ1) is 10.9. The summed E-state index contributed by atoms with van der Waals surface area (Å²) in [6.45, 7) is 10.1. The maximum absolute atomic E-state index is 11.8. The molecule has 0 bridgehead atoms.